The Balaban J connectivity index is 2.11. The summed E-state index contributed by atoms with van der Waals surface area (Å²) in [6.07, 6.45) is 4.52. The van der Waals surface area contributed by atoms with Crippen molar-refractivity contribution in [3.05, 3.63) is 64.9 Å². The van der Waals surface area contributed by atoms with Gasteiger partial charge in [-0.2, -0.15) is 0 Å². The van der Waals surface area contributed by atoms with Crippen LogP contribution < -0.4 is 0 Å². The molecule has 1 atom stereocenters. The zero-order chi connectivity index (χ0) is 11.4. The molecule has 0 amide bonds. The zero-order valence-electron chi connectivity index (χ0n) is 9.23. The second kappa shape index (κ2) is 5.13. The van der Waals surface area contributed by atoms with Crippen LogP contribution in [0.15, 0.2) is 48.8 Å². The number of aromatic nitrogens is 1. The highest BCUT2D eigenvalue weighted by Gasteiger charge is 2.06. The molecule has 0 unspecified atom stereocenters. The first-order valence-corrected chi connectivity index (χ1v) is 5.78. The van der Waals surface area contributed by atoms with E-state index in [0.717, 1.165) is 6.42 Å². The molecule has 1 aromatic carbocycles. The zero-order valence-corrected chi connectivity index (χ0v) is 9.98. The van der Waals surface area contributed by atoms with Crippen LogP contribution in [0.5, 0.6) is 0 Å². The Morgan fingerprint density at radius 3 is 2.62 bits per heavy atom. The van der Waals surface area contributed by atoms with E-state index in [2.05, 4.69) is 36.2 Å². The molecule has 0 saturated heterocycles. The molecule has 0 fully saturated rings. The summed E-state index contributed by atoms with van der Waals surface area (Å²) in [7, 11) is 0. The van der Waals surface area contributed by atoms with Crippen LogP contribution in [-0.2, 0) is 6.42 Å². The summed E-state index contributed by atoms with van der Waals surface area (Å²) in [5, 5.41) is 0.706. The van der Waals surface area contributed by atoms with Gasteiger partial charge in [-0.05, 0) is 29.5 Å². The van der Waals surface area contributed by atoms with Crippen molar-refractivity contribution in [2.24, 2.45) is 0 Å². The predicted octanol–water partition coefficient (Wildman–Crippen LogP) is 4.08. The van der Waals surface area contributed by atoms with Crippen molar-refractivity contribution in [2.45, 2.75) is 19.3 Å². The van der Waals surface area contributed by atoms with Crippen LogP contribution in [0, 0.1) is 0 Å². The number of nitrogens with zero attached hydrogens (tertiary/aromatic N) is 1. The summed E-state index contributed by atoms with van der Waals surface area (Å²) in [4.78, 5) is 4.10. The van der Waals surface area contributed by atoms with Gasteiger partial charge in [0.2, 0.25) is 0 Å². The molecule has 0 saturated carbocycles. The third-order valence-corrected chi connectivity index (χ3v) is 2.88. The van der Waals surface area contributed by atoms with E-state index < -0.39 is 0 Å². The molecule has 16 heavy (non-hydrogen) atoms. The van der Waals surface area contributed by atoms with Crippen LogP contribution >= 0.6 is 11.6 Å². The normalized spacial score (nSPS) is 12.4. The largest absolute Gasteiger partial charge is 0.263 e. The Kier molecular flexibility index (Phi) is 3.58. The summed E-state index contributed by atoms with van der Waals surface area (Å²) < 4.78 is 0. The summed E-state index contributed by atoms with van der Waals surface area (Å²) >= 11 is 5.91. The smallest absolute Gasteiger partial charge is 0.0592 e. The monoisotopic (exact) mass is 231 g/mol. The second-order valence-electron chi connectivity index (χ2n) is 4.03. The molecular formula is C14H14ClN. The van der Waals surface area contributed by atoms with E-state index in [1.807, 2.05) is 18.3 Å². The fourth-order valence-corrected chi connectivity index (χ4v) is 2.02. The third kappa shape index (κ3) is 2.83. The molecule has 0 spiro atoms. The van der Waals surface area contributed by atoms with Gasteiger partial charge in [-0.1, -0.05) is 48.9 Å². The molecule has 0 bridgehead atoms. The van der Waals surface area contributed by atoms with Crippen LogP contribution in [0.2, 0.25) is 5.02 Å². The van der Waals surface area contributed by atoms with E-state index >= 15 is 0 Å². The van der Waals surface area contributed by atoms with E-state index in [1.165, 1.54) is 11.1 Å². The Hall–Kier alpha value is -1.34. The van der Waals surface area contributed by atoms with Gasteiger partial charge in [-0.15, -0.1) is 0 Å². The van der Waals surface area contributed by atoms with Crippen molar-refractivity contribution in [3.63, 3.8) is 0 Å². The van der Waals surface area contributed by atoms with Crippen LogP contribution in [0.4, 0.5) is 0 Å². The lowest BCUT2D eigenvalue weighted by atomic mass is 9.95. The highest BCUT2D eigenvalue weighted by atomic mass is 35.5. The maximum Gasteiger partial charge on any atom is 0.0592 e. The maximum absolute atomic E-state index is 5.91. The SMILES string of the molecule is C[C@H](Cc1cncc(Cl)c1)c1ccccc1. The van der Waals surface area contributed by atoms with Gasteiger partial charge in [0.1, 0.15) is 0 Å². The van der Waals surface area contributed by atoms with E-state index in [1.54, 1.807) is 6.20 Å². The highest BCUT2D eigenvalue weighted by molar-refractivity contribution is 6.30. The van der Waals surface area contributed by atoms with E-state index in [0.29, 0.717) is 10.9 Å². The number of hydrogen-bond donors (Lipinski definition) is 0. The predicted molar refractivity (Wildman–Crippen MR) is 67.8 cm³/mol. The van der Waals surface area contributed by atoms with Crippen molar-refractivity contribution >= 4 is 11.6 Å². The molecule has 0 N–H and O–H groups in total. The van der Waals surface area contributed by atoms with Crippen LogP contribution in [0.1, 0.15) is 24.0 Å². The quantitative estimate of drug-likeness (QED) is 0.776. The van der Waals surface area contributed by atoms with Crippen LogP contribution in [-0.4, -0.2) is 4.98 Å². The van der Waals surface area contributed by atoms with E-state index in [-0.39, 0.29) is 0 Å². The Bertz CT molecular complexity index is 453. The number of hydrogen-bond acceptors (Lipinski definition) is 1. The third-order valence-electron chi connectivity index (χ3n) is 2.67. The molecule has 1 nitrogen and oxygen atoms in total. The lowest BCUT2D eigenvalue weighted by molar-refractivity contribution is 0.756. The minimum absolute atomic E-state index is 0.487. The van der Waals surface area contributed by atoms with Gasteiger partial charge in [0, 0.05) is 12.4 Å². The standard InChI is InChI=1S/C14H14ClN/c1-11(13-5-3-2-4-6-13)7-12-8-14(15)10-16-9-12/h2-6,8-11H,7H2,1H3/t11-/m1/s1. The van der Waals surface area contributed by atoms with Crippen LogP contribution in [0.3, 0.4) is 0 Å². The molecule has 2 aromatic rings. The Morgan fingerprint density at radius 2 is 1.94 bits per heavy atom. The van der Waals surface area contributed by atoms with Crippen molar-refractivity contribution in [2.75, 3.05) is 0 Å². The van der Waals surface area contributed by atoms with Gasteiger partial charge >= 0.3 is 0 Å². The van der Waals surface area contributed by atoms with E-state index in [4.69, 9.17) is 11.6 Å². The molecule has 1 heterocycles. The minimum atomic E-state index is 0.487. The topological polar surface area (TPSA) is 12.9 Å². The molecular weight excluding hydrogens is 218 g/mol. The van der Waals surface area contributed by atoms with Crippen molar-refractivity contribution in [1.29, 1.82) is 0 Å². The molecule has 0 radical (unpaired) electrons. The first-order valence-electron chi connectivity index (χ1n) is 5.40. The fourth-order valence-electron chi connectivity index (χ4n) is 1.82. The minimum Gasteiger partial charge on any atom is -0.263 e. The van der Waals surface area contributed by atoms with Crippen LogP contribution in [0.25, 0.3) is 0 Å². The molecule has 1 aromatic heterocycles. The summed E-state index contributed by atoms with van der Waals surface area (Å²) in [5.41, 5.74) is 2.53. The lowest BCUT2D eigenvalue weighted by Crippen LogP contribution is -1.98. The average molecular weight is 232 g/mol. The highest BCUT2D eigenvalue weighted by Crippen LogP contribution is 2.20. The number of halogens is 1. The Labute approximate surface area is 101 Å². The van der Waals surface area contributed by atoms with Gasteiger partial charge in [-0.3, -0.25) is 4.98 Å². The summed E-state index contributed by atoms with van der Waals surface area (Å²) in [5.74, 6) is 0.487. The first-order chi connectivity index (χ1) is 7.75. The molecule has 0 aliphatic heterocycles. The lowest BCUT2D eigenvalue weighted by Gasteiger charge is -2.11. The van der Waals surface area contributed by atoms with Gasteiger partial charge in [-0.25, -0.2) is 0 Å². The summed E-state index contributed by atoms with van der Waals surface area (Å²) in [6, 6.07) is 12.5. The van der Waals surface area contributed by atoms with Crippen molar-refractivity contribution < 1.29 is 0 Å². The molecule has 0 aliphatic carbocycles. The molecule has 0 aliphatic rings. The number of benzene rings is 1. The first kappa shape index (κ1) is 11.2. The van der Waals surface area contributed by atoms with Crippen molar-refractivity contribution in [3.8, 4) is 0 Å². The number of pyridine rings is 1. The van der Waals surface area contributed by atoms with E-state index in [9.17, 15) is 0 Å². The molecule has 2 heteroatoms. The van der Waals surface area contributed by atoms with Gasteiger partial charge in [0.15, 0.2) is 0 Å². The summed E-state index contributed by atoms with van der Waals surface area (Å²) in [6.45, 7) is 2.22. The van der Waals surface area contributed by atoms with Gasteiger partial charge in [0.05, 0.1) is 5.02 Å². The molecule has 2 rings (SSSR count). The Morgan fingerprint density at radius 1 is 1.19 bits per heavy atom. The van der Waals surface area contributed by atoms with Gasteiger partial charge < -0.3 is 0 Å². The maximum atomic E-state index is 5.91. The fraction of sp³-hybridized carbons (Fsp3) is 0.214. The molecule has 82 valence electrons. The second-order valence-corrected chi connectivity index (χ2v) is 4.46. The van der Waals surface area contributed by atoms with Gasteiger partial charge in [0.25, 0.3) is 0 Å². The average Bonchev–Trinajstić information content (AvgIpc) is 2.30. The number of rotatable bonds is 3. The van der Waals surface area contributed by atoms with Crippen molar-refractivity contribution in [1.82, 2.24) is 4.98 Å².